The van der Waals surface area contributed by atoms with Gasteiger partial charge in [-0.05, 0) is 38.3 Å². The summed E-state index contributed by atoms with van der Waals surface area (Å²) < 4.78 is 5.75. The van der Waals surface area contributed by atoms with E-state index in [1.165, 1.54) is 0 Å². The molecule has 0 amide bonds. The fourth-order valence-electron chi connectivity index (χ4n) is 1.85. The molecule has 0 aromatic heterocycles. The number of aryl methyl sites for hydroxylation is 1. The molecule has 0 fully saturated rings. The molecule has 0 saturated carbocycles. The van der Waals surface area contributed by atoms with Crippen LogP contribution in [0.5, 0.6) is 5.75 Å². The van der Waals surface area contributed by atoms with Crippen molar-refractivity contribution >= 4 is 5.78 Å². The minimum atomic E-state index is 0.0619. The Hall–Kier alpha value is -1.31. The highest BCUT2D eigenvalue weighted by atomic mass is 16.5. The van der Waals surface area contributed by atoms with Crippen molar-refractivity contribution in [3.05, 3.63) is 29.3 Å². The molecule has 1 atom stereocenters. The van der Waals surface area contributed by atoms with E-state index in [-0.39, 0.29) is 5.78 Å². The molecule has 0 heterocycles. The third kappa shape index (κ3) is 4.22. The summed E-state index contributed by atoms with van der Waals surface area (Å²) in [6.45, 7) is 8.58. The lowest BCUT2D eigenvalue weighted by molar-refractivity contribution is 0.101. The van der Waals surface area contributed by atoms with E-state index in [9.17, 15) is 4.79 Å². The molecule has 2 nitrogen and oxygen atoms in total. The topological polar surface area (TPSA) is 26.3 Å². The summed E-state index contributed by atoms with van der Waals surface area (Å²) >= 11 is 0. The maximum atomic E-state index is 11.5. The Balaban J connectivity index is 2.73. The van der Waals surface area contributed by atoms with Gasteiger partial charge in [-0.1, -0.05) is 31.9 Å². The first-order valence-corrected chi connectivity index (χ1v) is 6.29. The first-order valence-electron chi connectivity index (χ1n) is 6.29. The molecule has 1 unspecified atom stereocenters. The average molecular weight is 234 g/mol. The standard InChI is InChI=1S/C15H22O2/c1-5-6-12(3)10-17-15-8-7-11(2)9-14(15)13(4)16/h7-9,12H,5-6,10H2,1-4H3. The van der Waals surface area contributed by atoms with Crippen LogP contribution in [0.2, 0.25) is 0 Å². The van der Waals surface area contributed by atoms with Crippen LogP contribution in [-0.4, -0.2) is 12.4 Å². The van der Waals surface area contributed by atoms with E-state index in [2.05, 4.69) is 13.8 Å². The van der Waals surface area contributed by atoms with Gasteiger partial charge in [-0.3, -0.25) is 4.79 Å². The number of ketones is 1. The zero-order valence-electron chi connectivity index (χ0n) is 11.2. The maximum absolute atomic E-state index is 11.5. The van der Waals surface area contributed by atoms with Crippen LogP contribution in [0, 0.1) is 12.8 Å². The third-order valence-corrected chi connectivity index (χ3v) is 2.82. The summed E-state index contributed by atoms with van der Waals surface area (Å²) in [5.74, 6) is 1.30. The van der Waals surface area contributed by atoms with Gasteiger partial charge >= 0.3 is 0 Å². The molecule has 0 radical (unpaired) electrons. The SMILES string of the molecule is CCCC(C)COc1ccc(C)cc1C(C)=O. The number of rotatable bonds is 6. The smallest absolute Gasteiger partial charge is 0.163 e. The van der Waals surface area contributed by atoms with Gasteiger partial charge in [0, 0.05) is 0 Å². The number of benzene rings is 1. The number of hydrogen-bond acceptors (Lipinski definition) is 2. The highest BCUT2D eigenvalue weighted by Gasteiger charge is 2.10. The summed E-state index contributed by atoms with van der Waals surface area (Å²) in [5.41, 5.74) is 1.78. The molecule has 0 N–H and O–H groups in total. The first-order chi connectivity index (χ1) is 8.04. The highest BCUT2D eigenvalue weighted by Crippen LogP contribution is 2.21. The summed E-state index contributed by atoms with van der Waals surface area (Å²) in [6.07, 6.45) is 2.32. The van der Waals surface area contributed by atoms with Crippen LogP contribution in [0.15, 0.2) is 18.2 Å². The van der Waals surface area contributed by atoms with Gasteiger partial charge < -0.3 is 4.74 Å². The van der Waals surface area contributed by atoms with E-state index in [4.69, 9.17) is 4.74 Å². The lowest BCUT2D eigenvalue weighted by atomic mass is 10.1. The molecule has 17 heavy (non-hydrogen) atoms. The second kappa shape index (κ2) is 6.43. The van der Waals surface area contributed by atoms with E-state index in [0.29, 0.717) is 23.8 Å². The van der Waals surface area contributed by atoms with Crippen molar-refractivity contribution < 1.29 is 9.53 Å². The van der Waals surface area contributed by atoms with E-state index in [1.54, 1.807) is 6.92 Å². The Morgan fingerprint density at radius 3 is 2.71 bits per heavy atom. The van der Waals surface area contributed by atoms with Gasteiger partial charge in [-0.25, -0.2) is 0 Å². The van der Waals surface area contributed by atoms with Gasteiger partial charge in [-0.2, -0.15) is 0 Å². The van der Waals surface area contributed by atoms with Gasteiger partial charge in [-0.15, -0.1) is 0 Å². The predicted molar refractivity (Wildman–Crippen MR) is 70.8 cm³/mol. The number of Topliss-reactive ketones (excluding diaryl/α,β-unsaturated/α-hetero) is 1. The van der Waals surface area contributed by atoms with Crippen molar-refractivity contribution in [2.75, 3.05) is 6.61 Å². The van der Waals surface area contributed by atoms with Crippen molar-refractivity contribution in [1.82, 2.24) is 0 Å². The molecule has 2 heteroatoms. The van der Waals surface area contributed by atoms with Crippen LogP contribution in [0.25, 0.3) is 0 Å². The van der Waals surface area contributed by atoms with Crippen molar-refractivity contribution in [1.29, 1.82) is 0 Å². The Morgan fingerprint density at radius 1 is 1.41 bits per heavy atom. The maximum Gasteiger partial charge on any atom is 0.163 e. The molecule has 0 bridgehead atoms. The lowest BCUT2D eigenvalue weighted by Gasteiger charge is -2.14. The number of hydrogen-bond donors (Lipinski definition) is 0. The zero-order valence-corrected chi connectivity index (χ0v) is 11.2. The number of carbonyl (C=O) groups is 1. The molecule has 0 aliphatic carbocycles. The normalized spacial score (nSPS) is 12.2. The summed E-state index contributed by atoms with van der Waals surface area (Å²) in [5, 5.41) is 0. The Bertz CT molecular complexity index is 383. The molecule has 0 spiro atoms. The van der Waals surface area contributed by atoms with Crippen LogP contribution < -0.4 is 4.74 Å². The lowest BCUT2D eigenvalue weighted by Crippen LogP contribution is -2.10. The number of ether oxygens (including phenoxy) is 1. The van der Waals surface area contributed by atoms with Crippen LogP contribution in [-0.2, 0) is 0 Å². The fourth-order valence-corrected chi connectivity index (χ4v) is 1.85. The molecule has 0 saturated heterocycles. The molecular formula is C15H22O2. The van der Waals surface area contributed by atoms with Gasteiger partial charge in [0.2, 0.25) is 0 Å². The van der Waals surface area contributed by atoms with Crippen LogP contribution >= 0.6 is 0 Å². The molecule has 1 rings (SSSR count). The minimum Gasteiger partial charge on any atom is -0.493 e. The van der Waals surface area contributed by atoms with Crippen LogP contribution in [0.3, 0.4) is 0 Å². The average Bonchev–Trinajstić information content (AvgIpc) is 2.27. The van der Waals surface area contributed by atoms with E-state index < -0.39 is 0 Å². The molecule has 0 aliphatic heterocycles. The van der Waals surface area contributed by atoms with Crippen molar-refractivity contribution in [3.8, 4) is 5.75 Å². The predicted octanol–water partition coefficient (Wildman–Crippen LogP) is 4.01. The zero-order chi connectivity index (χ0) is 12.8. The monoisotopic (exact) mass is 234 g/mol. The highest BCUT2D eigenvalue weighted by molar-refractivity contribution is 5.97. The van der Waals surface area contributed by atoms with E-state index in [0.717, 1.165) is 18.4 Å². The van der Waals surface area contributed by atoms with Gasteiger partial charge in [0.05, 0.1) is 12.2 Å². The van der Waals surface area contributed by atoms with Gasteiger partial charge in [0.25, 0.3) is 0 Å². The fraction of sp³-hybridized carbons (Fsp3) is 0.533. The number of carbonyl (C=O) groups excluding carboxylic acids is 1. The summed E-state index contributed by atoms with van der Waals surface area (Å²) in [7, 11) is 0. The summed E-state index contributed by atoms with van der Waals surface area (Å²) in [6, 6.07) is 5.76. The summed E-state index contributed by atoms with van der Waals surface area (Å²) in [4.78, 5) is 11.5. The van der Waals surface area contributed by atoms with E-state index >= 15 is 0 Å². The molecule has 1 aromatic carbocycles. The quantitative estimate of drug-likeness (QED) is 0.695. The van der Waals surface area contributed by atoms with Crippen molar-refractivity contribution in [2.24, 2.45) is 5.92 Å². The molecule has 94 valence electrons. The van der Waals surface area contributed by atoms with Crippen LogP contribution in [0.1, 0.15) is 49.5 Å². The third-order valence-electron chi connectivity index (χ3n) is 2.82. The Morgan fingerprint density at radius 2 is 2.12 bits per heavy atom. The second-order valence-corrected chi connectivity index (χ2v) is 4.76. The van der Waals surface area contributed by atoms with Crippen LogP contribution in [0.4, 0.5) is 0 Å². The molecule has 1 aromatic rings. The second-order valence-electron chi connectivity index (χ2n) is 4.76. The largest absolute Gasteiger partial charge is 0.493 e. The van der Waals surface area contributed by atoms with Gasteiger partial charge in [0.1, 0.15) is 5.75 Å². The molecular weight excluding hydrogens is 212 g/mol. The Kier molecular flexibility index (Phi) is 5.20. The van der Waals surface area contributed by atoms with Crippen molar-refractivity contribution in [2.45, 2.75) is 40.5 Å². The minimum absolute atomic E-state index is 0.0619. The van der Waals surface area contributed by atoms with Gasteiger partial charge in [0.15, 0.2) is 5.78 Å². The Labute approximate surface area is 104 Å². The van der Waals surface area contributed by atoms with E-state index in [1.807, 2.05) is 25.1 Å². The molecule has 0 aliphatic rings. The van der Waals surface area contributed by atoms with Crippen molar-refractivity contribution in [3.63, 3.8) is 0 Å². The first kappa shape index (κ1) is 13.8.